The van der Waals surface area contributed by atoms with E-state index in [4.69, 9.17) is 9.57 Å². The van der Waals surface area contributed by atoms with E-state index in [1.807, 2.05) is 0 Å². The summed E-state index contributed by atoms with van der Waals surface area (Å²) in [6.45, 7) is 4.40. The van der Waals surface area contributed by atoms with Gasteiger partial charge >= 0.3 is 12.1 Å². The van der Waals surface area contributed by atoms with Gasteiger partial charge in [0, 0.05) is 0 Å². The van der Waals surface area contributed by atoms with Crippen molar-refractivity contribution in [3.63, 3.8) is 0 Å². The third-order valence-corrected chi connectivity index (χ3v) is 1.64. The van der Waals surface area contributed by atoms with Crippen LogP contribution < -0.4 is 0 Å². The first kappa shape index (κ1) is 11.5. The smallest absolute Gasteiger partial charge is 0.434 e. The van der Waals surface area contributed by atoms with Crippen LogP contribution in [0.25, 0.3) is 0 Å². The maximum absolute atomic E-state index is 11.0. The molecule has 84 valence electrons. The van der Waals surface area contributed by atoms with Gasteiger partial charge in [0.2, 0.25) is 0 Å². The second-order valence-corrected chi connectivity index (χ2v) is 2.77. The lowest BCUT2D eigenvalue weighted by Crippen LogP contribution is -2.26. The first-order chi connectivity index (χ1) is 7.24. The number of carbonyl (C=O) groups excluding carboxylic acids is 2. The van der Waals surface area contributed by atoms with Crippen LogP contribution in [0.1, 0.15) is 6.42 Å². The first-order valence-corrected chi connectivity index (χ1v) is 4.57. The summed E-state index contributed by atoms with van der Waals surface area (Å²) in [7, 11) is 0. The Morgan fingerprint density at radius 2 is 2.47 bits per heavy atom. The molecule has 1 fully saturated rings. The van der Waals surface area contributed by atoms with Crippen molar-refractivity contribution in [1.82, 2.24) is 5.06 Å². The number of rotatable bonds is 6. The van der Waals surface area contributed by atoms with Gasteiger partial charge in [-0.3, -0.25) is 9.63 Å². The molecule has 1 saturated heterocycles. The molecule has 0 aromatic heterocycles. The minimum Gasteiger partial charge on any atom is -0.461 e. The Kier molecular flexibility index (Phi) is 4.62. The van der Waals surface area contributed by atoms with Crippen molar-refractivity contribution in [2.75, 3.05) is 26.4 Å². The van der Waals surface area contributed by atoms with Gasteiger partial charge in [-0.15, -0.1) is 0 Å². The summed E-state index contributed by atoms with van der Waals surface area (Å²) in [5.74, 6) is -0.387. The van der Waals surface area contributed by atoms with Gasteiger partial charge in [-0.1, -0.05) is 12.7 Å². The quantitative estimate of drug-likeness (QED) is 0.476. The summed E-state index contributed by atoms with van der Waals surface area (Å²) in [6.07, 6.45) is 1.06. The molecule has 1 heterocycles. The fraction of sp³-hybridized carbons (Fsp3) is 0.556. The number of hydrogen-bond donors (Lipinski definition) is 0. The zero-order valence-corrected chi connectivity index (χ0v) is 8.31. The van der Waals surface area contributed by atoms with Crippen LogP contribution >= 0.6 is 0 Å². The average Bonchev–Trinajstić information content (AvgIpc) is 2.61. The van der Waals surface area contributed by atoms with Gasteiger partial charge in [0.05, 0.1) is 19.6 Å². The highest BCUT2D eigenvalue weighted by Crippen LogP contribution is 2.04. The van der Waals surface area contributed by atoms with E-state index in [1.54, 1.807) is 0 Å². The highest BCUT2D eigenvalue weighted by Gasteiger charge is 2.22. The Morgan fingerprint density at radius 3 is 3.07 bits per heavy atom. The molecular weight excluding hydrogens is 202 g/mol. The lowest BCUT2D eigenvalue weighted by Gasteiger charge is -2.11. The second-order valence-electron chi connectivity index (χ2n) is 2.77. The predicted octanol–water partition coefficient (Wildman–Crippen LogP) is 0.490. The van der Waals surface area contributed by atoms with Crippen molar-refractivity contribution < 1.29 is 23.9 Å². The molecule has 1 aliphatic rings. The molecule has 0 radical (unpaired) electrons. The zero-order valence-electron chi connectivity index (χ0n) is 8.31. The van der Waals surface area contributed by atoms with E-state index in [2.05, 4.69) is 11.3 Å². The minimum absolute atomic E-state index is 0.0949. The lowest BCUT2D eigenvalue weighted by atomic mass is 10.5. The van der Waals surface area contributed by atoms with Crippen LogP contribution in [0.3, 0.4) is 0 Å². The molecule has 0 aliphatic carbocycles. The van der Waals surface area contributed by atoms with Crippen LogP contribution in [-0.2, 0) is 19.1 Å². The maximum atomic E-state index is 11.0. The molecule has 0 aromatic carbocycles. The number of carbonyl (C=O) groups is 2. The Labute approximate surface area is 87.3 Å². The van der Waals surface area contributed by atoms with Crippen LogP contribution in [0.2, 0.25) is 0 Å². The van der Waals surface area contributed by atoms with Gasteiger partial charge in [0.1, 0.15) is 13.2 Å². The van der Waals surface area contributed by atoms with Crippen molar-refractivity contribution >= 4 is 12.1 Å². The molecular formula is C9H13NO5. The summed E-state index contributed by atoms with van der Waals surface area (Å²) >= 11 is 0. The molecule has 0 unspecified atom stereocenters. The Morgan fingerprint density at radius 1 is 1.67 bits per heavy atom. The van der Waals surface area contributed by atoms with Crippen molar-refractivity contribution in [2.45, 2.75) is 6.42 Å². The minimum atomic E-state index is -0.519. The Bertz CT molecular complexity index is 253. The van der Waals surface area contributed by atoms with Crippen molar-refractivity contribution in [2.24, 2.45) is 0 Å². The van der Waals surface area contributed by atoms with Crippen LogP contribution in [0.15, 0.2) is 12.7 Å². The lowest BCUT2D eigenvalue weighted by molar-refractivity contribution is -0.150. The molecule has 0 bridgehead atoms. The number of ether oxygens (including phenoxy) is 2. The van der Waals surface area contributed by atoms with E-state index in [9.17, 15) is 9.59 Å². The van der Waals surface area contributed by atoms with Crippen molar-refractivity contribution in [3.05, 3.63) is 12.7 Å². The van der Waals surface area contributed by atoms with Crippen LogP contribution in [0.4, 0.5) is 4.79 Å². The molecule has 1 rings (SSSR count). The molecule has 6 heteroatoms. The molecule has 0 spiro atoms. The Balaban J connectivity index is 2.07. The van der Waals surface area contributed by atoms with Crippen LogP contribution in [-0.4, -0.2) is 43.5 Å². The molecule has 0 N–H and O–H groups in total. The normalized spacial score (nSPS) is 14.9. The van der Waals surface area contributed by atoms with E-state index in [-0.39, 0.29) is 25.6 Å². The third kappa shape index (κ3) is 3.99. The van der Waals surface area contributed by atoms with E-state index < -0.39 is 6.09 Å². The molecule has 6 nitrogen and oxygen atoms in total. The molecule has 0 aromatic rings. The van der Waals surface area contributed by atoms with Crippen LogP contribution in [0, 0.1) is 0 Å². The monoisotopic (exact) mass is 215 g/mol. The van der Waals surface area contributed by atoms with Gasteiger partial charge in [-0.05, 0) is 0 Å². The van der Waals surface area contributed by atoms with E-state index >= 15 is 0 Å². The molecule has 0 atom stereocenters. The van der Waals surface area contributed by atoms with E-state index in [0.29, 0.717) is 13.2 Å². The fourth-order valence-corrected chi connectivity index (χ4v) is 0.960. The van der Waals surface area contributed by atoms with Gasteiger partial charge in [0.25, 0.3) is 0 Å². The first-order valence-electron chi connectivity index (χ1n) is 4.57. The van der Waals surface area contributed by atoms with E-state index in [1.165, 1.54) is 6.08 Å². The van der Waals surface area contributed by atoms with Gasteiger partial charge in [0.15, 0.2) is 0 Å². The topological polar surface area (TPSA) is 65.1 Å². The third-order valence-electron chi connectivity index (χ3n) is 1.64. The zero-order chi connectivity index (χ0) is 11.1. The molecule has 15 heavy (non-hydrogen) atoms. The summed E-state index contributed by atoms with van der Waals surface area (Å²) in [4.78, 5) is 26.8. The fourth-order valence-electron chi connectivity index (χ4n) is 0.960. The Hall–Kier alpha value is -1.56. The van der Waals surface area contributed by atoms with Crippen molar-refractivity contribution in [3.8, 4) is 0 Å². The summed E-state index contributed by atoms with van der Waals surface area (Å²) < 4.78 is 9.33. The highest BCUT2D eigenvalue weighted by atomic mass is 16.7. The SMILES string of the molecule is C=CCOC(=O)CCON1CCOC1=O. The molecule has 1 aliphatic heterocycles. The number of amides is 1. The summed E-state index contributed by atoms with van der Waals surface area (Å²) in [6, 6.07) is 0. The van der Waals surface area contributed by atoms with Crippen molar-refractivity contribution in [1.29, 1.82) is 0 Å². The number of nitrogens with zero attached hydrogens (tertiary/aromatic N) is 1. The molecule has 0 saturated carbocycles. The average molecular weight is 215 g/mol. The second kappa shape index (κ2) is 6.02. The van der Waals surface area contributed by atoms with Crippen LogP contribution in [0.5, 0.6) is 0 Å². The number of hydroxylamine groups is 2. The number of esters is 1. The predicted molar refractivity (Wildman–Crippen MR) is 49.8 cm³/mol. The van der Waals surface area contributed by atoms with Gasteiger partial charge < -0.3 is 9.47 Å². The summed E-state index contributed by atoms with van der Waals surface area (Å²) in [5, 5.41) is 1.08. The van der Waals surface area contributed by atoms with E-state index in [0.717, 1.165) is 5.06 Å². The largest absolute Gasteiger partial charge is 0.461 e. The number of cyclic esters (lactones) is 1. The standard InChI is InChI=1S/C9H13NO5/c1-2-5-13-8(11)3-6-15-10-4-7-14-9(10)12/h2H,1,3-7H2. The number of hydrogen-bond acceptors (Lipinski definition) is 5. The molecule has 1 amide bonds. The van der Waals surface area contributed by atoms with Gasteiger partial charge in [-0.2, -0.15) is 5.06 Å². The highest BCUT2D eigenvalue weighted by molar-refractivity contribution is 5.70. The van der Waals surface area contributed by atoms with Gasteiger partial charge in [-0.25, -0.2) is 4.79 Å². The maximum Gasteiger partial charge on any atom is 0.434 e. The summed E-state index contributed by atoms with van der Waals surface area (Å²) in [5.41, 5.74) is 0.